The molecule has 1 fully saturated rings. The molecule has 4 heteroatoms. The third-order valence-corrected chi connectivity index (χ3v) is 3.82. The van der Waals surface area contributed by atoms with Crippen LogP contribution in [0.1, 0.15) is 37.9 Å². The van der Waals surface area contributed by atoms with Crippen LogP contribution in [0.25, 0.3) is 0 Å². The van der Waals surface area contributed by atoms with Crippen LogP contribution in [0.4, 0.5) is 0 Å². The fourth-order valence-electron chi connectivity index (χ4n) is 2.41. The minimum atomic E-state index is 0.318. The van der Waals surface area contributed by atoms with Gasteiger partial charge in [0.05, 0.1) is 18.3 Å². The third kappa shape index (κ3) is 3.77. The van der Waals surface area contributed by atoms with Gasteiger partial charge in [-0.05, 0) is 53.9 Å². The second-order valence-corrected chi connectivity index (χ2v) is 5.73. The van der Waals surface area contributed by atoms with Crippen molar-refractivity contribution in [3.63, 3.8) is 0 Å². The molecular formula is C14H21BrN2O. The summed E-state index contributed by atoms with van der Waals surface area (Å²) in [7, 11) is 0. The van der Waals surface area contributed by atoms with Crippen LogP contribution < -0.4 is 5.32 Å². The van der Waals surface area contributed by atoms with Crippen molar-refractivity contribution in [1.82, 2.24) is 10.3 Å². The molecular weight excluding hydrogens is 292 g/mol. The van der Waals surface area contributed by atoms with E-state index in [-0.39, 0.29) is 0 Å². The lowest BCUT2D eigenvalue weighted by Crippen LogP contribution is -2.34. The van der Waals surface area contributed by atoms with Crippen LogP contribution in [0, 0.1) is 5.92 Å². The Labute approximate surface area is 117 Å². The van der Waals surface area contributed by atoms with Gasteiger partial charge in [0.1, 0.15) is 0 Å². The van der Waals surface area contributed by atoms with Crippen LogP contribution in [0.5, 0.6) is 0 Å². The van der Waals surface area contributed by atoms with Crippen molar-refractivity contribution in [3.8, 4) is 0 Å². The van der Waals surface area contributed by atoms with Crippen molar-refractivity contribution in [1.29, 1.82) is 0 Å². The zero-order valence-electron chi connectivity index (χ0n) is 10.9. The maximum atomic E-state index is 5.61. The molecule has 0 radical (unpaired) electrons. The first kappa shape index (κ1) is 14.0. The van der Waals surface area contributed by atoms with Crippen LogP contribution in [-0.2, 0) is 4.74 Å². The predicted octanol–water partition coefficient (Wildman–Crippen LogP) is 3.31. The Hall–Kier alpha value is -0.450. The molecule has 2 atom stereocenters. The number of hydrogen-bond donors (Lipinski definition) is 1. The summed E-state index contributed by atoms with van der Waals surface area (Å²) < 4.78 is 6.64. The number of nitrogens with zero attached hydrogens (tertiary/aromatic N) is 1. The fourth-order valence-corrected chi connectivity index (χ4v) is 2.65. The highest BCUT2D eigenvalue weighted by atomic mass is 79.9. The van der Waals surface area contributed by atoms with Gasteiger partial charge in [-0.3, -0.25) is 4.98 Å². The molecule has 1 aliphatic heterocycles. The van der Waals surface area contributed by atoms with Gasteiger partial charge >= 0.3 is 0 Å². The summed E-state index contributed by atoms with van der Waals surface area (Å²) in [6.07, 6.45) is 5.39. The molecule has 2 heterocycles. The molecule has 1 aromatic rings. The largest absolute Gasteiger partial charge is 0.381 e. The number of aromatic nitrogens is 1. The van der Waals surface area contributed by atoms with Crippen LogP contribution >= 0.6 is 15.9 Å². The Morgan fingerprint density at radius 1 is 1.56 bits per heavy atom. The molecule has 18 heavy (non-hydrogen) atoms. The van der Waals surface area contributed by atoms with E-state index < -0.39 is 0 Å². The summed E-state index contributed by atoms with van der Waals surface area (Å²) in [4.78, 5) is 4.54. The van der Waals surface area contributed by atoms with E-state index in [9.17, 15) is 0 Å². The average Bonchev–Trinajstić information content (AvgIpc) is 2.42. The van der Waals surface area contributed by atoms with Gasteiger partial charge in [-0.25, -0.2) is 0 Å². The SMILES string of the molecule is CCCNC(c1ccc(Br)cn1)C1CCCOC1. The van der Waals surface area contributed by atoms with Gasteiger partial charge in [0.15, 0.2) is 0 Å². The minimum Gasteiger partial charge on any atom is -0.381 e. The second-order valence-electron chi connectivity index (χ2n) is 4.81. The van der Waals surface area contributed by atoms with Crippen molar-refractivity contribution in [2.24, 2.45) is 5.92 Å². The van der Waals surface area contributed by atoms with Gasteiger partial charge in [0.25, 0.3) is 0 Å². The Bertz CT molecular complexity index is 349. The molecule has 0 bridgehead atoms. The first-order valence-electron chi connectivity index (χ1n) is 6.74. The molecule has 3 nitrogen and oxygen atoms in total. The Kier molecular flexibility index (Phi) is 5.60. The Morgan fingerprint density at radius 3 is 3.06 bits per heavy atom. The zero-order chi connectivity index (χ0) is 12.8. The molecule has 100 valence electrons. The molecule has 0 spiro atoms. The standard InChI is InChI=1S/C14H21BrN2O/c1-2-7-16-14(11-4-3-8-18-10-11)13-6-5-12(15)9-17-13/h5-6,9,11,14,16H,2-4,7-8,10H2,1H3. The molecule has 1 N–H and O–H groups in total. The topological polar surface area (TPSA) is 34.2 Å². The highest BCUT2D eigenvalue weighted by Crippen LogP contribution is 2.28. The maximum Gasteiger partial charge on any atom is 0.0577 e. The highest BCUT2D eigenvalue weighted by Gasteiger charge is 2.25. The lowest BCUT2D eigenvalue weighted by atomic mass is 9.91. The monoisotopic (exact) mass is 312 g/mol. The molecule has 2 unspecified atom stereocenters. The summed E-state index contributed by atoms with van der Waals surface area (Å²) in [5, 5.41) is 3.62. The zero-order valence-corrected chi connectivity index (χ0v) is 12.4. The van der Waals surface area contributed by atoms with Gasteiger partial charge in [0, 0.05) is 23.2 Å². The summed E-state index contributed by atoms with van der Waals surface area (Å²) in [6.45, 7) is 4.97. The number of rotatable bonds is 5. The van der Waals surface area contributed by atoms with Crippen molar-refractivity contribution in [2.45, 2.75) is 32.2 Å². The van der Waals surface area contributed by atoms with Crippen LogP contribution in [-0.4, -0.2) is 24.7 Å². The molecule has 0 amide bonds. The first-order chi connectivity index (χ1) is 8.81. The van der Waals surface area contributed by atoms with Crippen LogP contribution in [0.15, 0.2) is 22.8 Å². The Morgan fingerprint density at radius 2 is 2.44 bits per heavy atom. The maximum absolute atomic E-state index is 5.61. The van der Waals surface area contributed by atoms with Crippen molar-refractivity contribution in [3.05, 3.63) is 28.5 Å². The van der Waals surface area contributed by atoms with E-state index in [1.807, 2.05) is 6.20 Å². The molecule has 0 aliphatic carbocycles. The minimum absolute atomic E-state index is 0.318. The summed E-state index contributed by atoms with van der Waals surface area (Å²) in [5.41, 5.74) is 1.13. The van der Waals surface area contributed by atoms with E-state index in [1.165, 1.54) is 6.42 Å². The summed E-state index contributed by atoms with van der Waals surface area (Å²) in [6, 6.07) is 4.48. The van der Waals surface area contributed by atoms with E-state index in [4.69, 9.17) is 4.74 Å². The average molecular weight is 313 g/mol. The summed E-state index contributed by atoms with van der Waals surface area (Å²) >= 11 is 3.44. The van der Waals surface area contributed by atoms with Crippen molar-refractivity contribution < 1.29 is 4.74 Å². The number of hydrogen-bond acceptors (Lipinski definition) is 3. The number of halogens is 1. The van der Waals surface area contributed by atoms with Crippen molar-refractivity contribution >= 4 is 15.9 Å². The van der Waals surface area contributed by atoms with E-state index in [0.29, 0.717) is 12.0 Å². The molecule has 1 saturated heterocycles. The fraction of sp³-hybridized carbons (Fsp3) is 0.643. The summed E-state index contributed by atoms with van der Waals surface area (Å²) in [5.74, 6) is 0.541. The van der Waals surface area contributed by atoms with E-state index in [1.54, 1.807) is 0 Å². The smallest absolute Gasteiger partial charge is 0.0577 e. The normalized spacial score (nSPS) is 21.8. The van der Waals surface area contributed by atoms with E-state index in [2.05, 4.69) is 45.3 Å². The van der Waals surface area contributed by atoms with E-state index in [0.717, 1.165) is 42.8 Å². The van der Waals surface area contributed by atoms with Gasteiger partial charge in [-0.1, -0.05) is 6.92 Å². The predicted molar refractivity (Wildman–Crippen MR) is 76.5 cm³/mol. The van der Waals surface area contributed by atoms with Gasteiger partial charge in [-0.15, -0.1) is 0 Å². The van der Waals surface area contributed by atoms with E-state index >= 15 is 0 Å². The molecule has 0 saturated carbocycles. The quantitative estimate of drug-likeness (QED) is 0.905. The van der Waals surface area contributed by atoms with Crippen LogP contribution in [0.3, 0.4) is 0 Å². The number of ether oxygens (including phenoxy) is 1. The van der Waals surface area contributed by atoms with Crippen LogP contribution in [0.2, 0.25) is 0 Å². The Balaban J connectivity index is 2.10. The van der Waals surface area contributed by atoms with Gasteiger partial charge in [-0.2, -0.15) is 0 Å². The highest BCUT2D eigenvalue weighted by molar-refractivity contribution is 9.10. The lowest BCUT2D eigenvalue weighted by molar-refractivity contribution is 0.0384. The molecule has 1 aromatic heterocycles. The number of nitrogens with one attached hydrogen (secondary N) is 1. The second kappa shape index (κ2) is 7.22. The first-order valence-corrected chi connectivity index (χ1v) is 7.53. The van der Waals surface area contributed by atoms with Gasteiger partial charge < -0.3 is 10.1 Å². The van der Waals surface area contributed by atoms with Gasteiger partial charge in [0.2, 0.25) is 0 Å². The molecule has 1 aliphatic rings. The lowest BCUT2D eigenvalue weighted by Gasteiger charge is -2.30. The molecule has 2 rings (SSSR count). The molecule has 0 aromatic carbocycles. The number of pyridine rings is 1. The third-order valence-electron chi connectivity index (χ3n) is 3.35. The van der Waals surface area contributed by atoms with Crippen molar-refractivity contribution in [2.75, 3.05) is 19.8 Å².